The summed E-state index contributed by atoms with van der Waals surface area (Å²) in [7, 11) is -3.58. The van der Waals surface area contributed by atoms with Gasteiger partial charge in [0.25, 0.3) is 5.91 Å². The standard InChI is InChI=1S/C22H26N2O3S/c1-16-9-12-20(28(26,27)23-18-10-11-18)15-21(16)22(25)24-13-5-8-19(24)14-17-6-3-2-4-7-17/h2-4,6-7,9,12,15,18-19,23H,5,8,10-11,13-14H2,1H3. The van der Waals surface area contributed by atoms with Crippen LogP contribution in [0, 0.1) is 6.92 Å². The summed E-state index contributed by atoms with van der Waals surface area (Å²) in [5, 5.41) is 0. The van der Waals surface area contributed by atoms with Crippen molar-refractivity contribution < 1.29 is 13.2 Å². The van der Waals surface area contributed by atoms with E-state index in [1.807, 2.05) is 30.0 Å². The van der Waals surface area contributed by atoms with Gasteiger partial charge in [0.2, 0.25) is 10.0 Å². The number of hydrogen-bond acceptors (Lipinski definition) is 3. The summed E-state index contributed by atoms with van der Waals surface area (Å²) >= 11 is 0. The van der Waals surface area contributed by atoms with Crippen molar-refractivity contribution >= 4 is 15.9 Å². The van der Waals surface area contributed by atoms with Crippen LogP contribution >= 0.6 is 0 Å². The summed E-state index contributed by atoms with van der Waals surface area (Å²) in [5.41, 5.74) is 2.51. The first kappa shape index (κ1) is 19.2. The molecular formula is C22H26N2O3S. The maximum atomic E-state index is 13.3. The van der Waals surface area contributed by atoms with Crippen LogP contribution in [0.2, 0.25) is 0 Å². The lowest BCUT2D eigenvalue weighted by Gasteiger charge is -2.26. The van der Waals surface area contributed by atoms with Crippen LogP contribution in [0.1, 0.15) is 47.2 Å². The van der Waals surface area contributed by atoms with E-state index < -0.39 is 10.0 Å². The average molecular weight is 399 g/mol. The molecule has 1 atom stereocenters. The molecule has 6 heteroatoms. The molecule has 0 spiro atoms. The fourth-order valence-corrected chi connectivity index (χ4v) is 5.17. The molecule has 1 aliphatic heterocycles. The minimum Gasteiger partial charge on any atom is -0.335 e. The topological polar surface area (TPSA) is 66.5 Å². The zero-order valence-corrected chi connectivity index (χ0v) is 16.9. The van der Waals surface area contributed by atoms with Gasteiger partial charge in [-0.3, -0.25) is 4.79 Å². The minimum absolute atomic E-state index is 0.0410. The van der Waals surface area contributed by atoms with Crippen LogP contribution in [0.4, 0.5) is 0 Å². The molecule has 28 heavy (non-hydrogen) atoms. The van der Waals surface area contributed by atoms with Gasteiger partial charge in [-0.25, -0.2) is 13.1 Å². The highest BCUT2D eigenvalue weighted by Gasteiger charge is 2.32. The highest BCUT2D eigenvalue weighted by molar-refractivity contribution is 7.89. The largest absolute Gasteiger partial charge is 0.335 e. The first-order valence-electron chi connectivity index (χ1n) is 9.92. The lowest BCUT2D eigenvalue weighted by molar-refractivity contribution is 0.0735. The summed E-state index contributed by atoms with van der Waals surface area (Å²) in [6.45, 7) is 2.58. The Hall–Kier alpha value is -2.18. The Bertz CT molecular complexity index is 969. The second-order valence-electron chi connectivity index (χ2n) is 7.86. The van der Waals surface area contributed by atoms with Crippen LogP contribution < -0.4 is 4.72 Å². The van der Waals surface area contributed by atoms with Crippen molar-refractivity contribution in [2.24, 2.45) is 0 Å². The predicted molar refractivity (Wildman–Crippen MR) is 109 cm³/mol. The third-order valence-electron chi connectivity index (χ3n) is 5.60. The molecule has 2 aromatic rings. The fourth-order valence-electron chi connectivity index (χ4n) is 3.84. The Morgan fingerprint density at radius 1 is 1.11 bits per heavy atom. The molecule has 0 radical (unpaired) electrons. The zero-order valence-electron chi connectivity index (χ0n) is 16.1. The molecule has 4 rings (SSSR count). The van der Waals surface area contributed by atoms with Gasteiger partial charge in [0.15, 0.2) is 0 Å². The van der Waals surface area contributed by atoms with E-state index in [0.29, 0.717) is 12.1 Å². The fraction of sp³-hybridized carbons (Fsp3) is 0.409. The molecule has 2 fully saturated rings. The first-order valence-corrected chi connectivity index (χ1v) is 11.4. The normalized spacial score (nSPS) is 19.8. The van der Waals surface area contributed by atoms with Crippen LogP contribution in [0.5, 0.6) is 0 Å². The molecule has 0 bridgehead atoms. The van der Waals surface area contributed by atoms with Gasteiger partial charge in [-0.1, -0.05) is 36.4 Å². The summed E-state index contributed by atoms with van der Waals surface area (Å²) in [4.78, 5) is 15.4. The number of benzene rings is 2. The van der Waals surface area contributed by atoms with Gasteiger partial charge < -0.3 is 4.90 Å². The van der Waals surface area contributed by atoms with Gasteiger partial charge in [0.05, 0.1) is 4.90 Å². The molecule has 1 saturated heterocycles. The van der Waals surface area contributed by atoms with Gasteiger partial charge in [0.1, 0.15) is 0 Å². The number of rotatable bonds is 6. The van der Waals surface area contributed by atoms with E-state index in [2.05, 4.69) is 16.9 Å². The van der Waals surface area contributed by atoms with Crippen LogP contribution in [-0.2, 0) is 16.4 Å². The smallest absolute Gasteiger partial charge is 0.254 e. The molecule has 0 aromatic heterocycles. The van der Waals surface area contributed by atoms with E-state index in [9.17, 15) is 13.2 Å². The van der Waals surface area contributed by atoms with Gasteiger partial charge in [-0.05, 0) is 62.3 Å². The minimum atomic E-state index is -3.58. The number of nitrogens with zero attached hydrogens (tertiary/aromatic N) is 1. The van der Waals surface area contributed by atoms with E-state index in [1.54, 1.807) is 18.2 Å². The van der Waals surface area contributed by atoms with E-state index in [4.69, 9.17) is 0 Å². The number of aryl methyl sites for hydroxylation is 1. The summed E-state index contributed by atoms with van der Waals surface area (Å²) in [6, 6.07) is 15.2. The molecule has 2 aromatic carbocycles. The molecule has 1 heterocycles. The van der Waals surface area contributed by atoms with E-state index in [-0.39, 0.29) is 22.9 Å². The van der Waals surface area contributed by atoms with Gasteiger partial charge >= 0.3 is 0 Å². The molecule has 1 aliphatic carbocycles. The van der Waals surface area contributed by atoms with Gasteiger partial charge in [0, 0.05) is 24.2 Å². The number of carbonyl (C=O) groups excluding carboxylic acids is 1. The summed E-state index contributed by atoms with van der Waals surface area (Å²) in [5.74, 6) is -0.0700. The first-order chi connectivity index (χ1) is 13.4. The second kappa shape index (κ2) is 7.68. The molecule has 1 amide bonds. The van der Waals surface area contributed by atoms with Crippen molar-refractivity contribution in [2.75, 3.05) is 6.54 Å². The summed E-state index contributed by atoms with van der Waals surface area (Å²) in [6.07, 6.45) is 4.54. The molecule has 1 saturated carbocycles. The molecule has 1 unspecified atom stereocenters. The molecule has 2 aliphatic rings. The average Bonchev–Trinajstić information content (AvgIpc) is 3.36. The number of amides is 1. The van der Waals surface area contributed by atoms with E-state index in [1.165, 1.54) is 5.56 Å². The number of nitrogens with one attached hydrogen (secondary N) is 1. The van der Waals surface area contributed by atoms with Crippen molar-refractivity contribution in [1.29, 1.82) is 0 Å². The Morgan fingerprint density at radius 2 is 1.86 bits per heavy atom. The Kier molecular flexibility index (Phi) is 5.25. The van der Waals surface area contributed by atoms with Crippen LogP contribution in [0.3, 0.4) is 0 Å². The maximum absolute atomic E-state index is 13.3. The lowest BCUT2D eigenvalue weighted by Crippen LogP contribution is -2.37. The lowest BCUT2D eigenvalue weighted by atomic mass is 10.0. The molecule has 5 nitrogen and oxygen atoms in total. The van der Waals surface area contributed by atoms with Crippen molar-refractivity contribution in [1.82, 2.24) is 9.62 Å². The highest BCUT2D eigenvalue weighted by atomic mass is 32.2. The second-order valence-corrected chi connectivity index (χ2v) is 9.57. The van der Waals surface area contributed by atoms with Crippen molar-refractivity contribution in [3.63, 3.8) is 0 Å². The Labute approximate surface area is 166 Å². The predicted octanol–water partition coefficient (Wildman–Crippen LogP) is 3.28. The number of hydrogen-bond donors (Lipinski definition) is 1. The monoisotopic (exact) mass is 398 g/mol. The number of carbonyl (C=O) groups is 1. The van der Waals surface area contributed by atoms with Crippen LogP contribution in [0.15, 0.2) is 53.4 Å². The Balaban J connectivity index is 1.57. The zero-order chi connectivity index (χ0) is 19.7. The van der Waals surface area contributed by atoms with Gasteiger partial charge in [-0.2, -0.15) is 0 Å². The van der Waals surface area contributed by atoms with Crippen LogP contribution in [0.25, 0.3) is 0 Å². The number of sulfonamides is 1. The van der Waals surface area contributed by atoms with Gasteiger partial charge in [-0.15, -0.1) is 0 Å². The third kappa shape index (κ3) is 4.13. The molecule has 148 valence electrons. The number of likely N-dealkylation sites (tertiary alicyclic amines) is 1. The van der Waals surface area contributed by atoms with Crippen molar-refractivity contribution in [3.8, 4) is 0 Å². The maximum Gasteiger partial charge on any atom is 0.254 e. The van der Waals surface area contributed by atoms with E-state index >= 15 is 0 Å². The SMILES string of the molecule is Cc1ccc(S(=O)(=O)NC2CC2)cc1C(=O)N1CCCC1Cc1ccccc1. The highest BCUT2D eigenvalue weighted by Crippen LogP contribution is 2.27. The third-order valence-corrected chi connectivity index (χ3v) is 7.12. The quantitative estimate of drug-likeness (QED) is 0.812. The van der Waals surface area contributed by atoms with E-state index in [0.717, 1.165) is 37.7 Å². The van der Waals surface area contributed by atoms with Crippen LogP contribution in [-0.4, -0.2) is 37.9 Å². The molecular weight excluding hydrogens is 372 g/mol. The summed E-state index contributed by atoms with van der Waals surface area (Å²) < 4.78 is 27.8. The van der Waals surface area contributed by atoms with Crippen molar-refractivity contribution in [3.05, 3.63) is 65.2 Å². The molecule has 1 N–H and O–H groups in total. The Morgan fingerprint density at radius 3 is 2.57 bits per heavy atom. The van der Waals surface area contributed by atoms with Crippen molar-refractivity contribution in [2.45, 2.75) is 56.0 Å².